The molecule has 102 valence electrons. The van der Waals surface area contributed by atoms with E-state index in [1.165, 1.54) is 22.3 Å². The summed E-state index contributed by atoms with van der Waals surface area (Å²) in [6.45, 7) is 6.33. The Bertz CT molecular complexity index is 606. The molecule has 1 aromatic heterocycles. The maximum Gasteiger partial charge on any atom is 0.129 e. The highest BCUT2D eigenvalue weighted by molar-refractivity contribution is 9.10. The monoisotopic (exact) mass is 358 g/mol. The molecule has 0 bridgehead atoms. The topological polar surface area (TPSA) is 9.23 Å². The third-order valence-electron chi connectivity index (χ3n) is 3.27. The molecule has 19 heavy (non-hydrogen) atoms. The van der Waals surface area contributed by atoms with Crippen molar-refractivity contribution >= 4 is 38.9 Å². The number of methoxy groups -OCH3 is 1. The van der Waals surface area contributed by atoms with Crippen molar-refractivity contribution in [2.45, 2.75) is 26.1 Å². The summed E-state index contributed by atoms with van der Waals surface area (Å²) in [6, 6.07) is 4.18. The normalized spacial score (nSPS) is 12.5. The van der Waals surface area contributed by atoms with E-state index in [2.05, 4.69) is 42.8 Å². The Morgan fingerprint density at radius 3 is 2.47 bits per heavy atom. The molecule has 0 radical (unpaired) electrons. The minimum Gasteiger partial charge on any atom is -0.496 e. The standard InChI is InChI=1S/C15H16BrClOS/c1-8-5-9(2)14(16)10(3)13(8)15(17)12-6-11(18-4)7-19-12/h5-7,15H,1-4H3. The molecule has 1 heterocycles. The lowest BCUT2D eigenvalue weighted by Crippen LogP contribution is -2.00. The lowest BCUT2D eigenvalue weighted by Gasteiger charge is -2.17. The SMILES string of the molecule is COc1csc(C(Cl)c2c(C)cc(C)c(Br)c2C)c1. The van der Waals surface area contributed by atoms with Crippen molar-refractivity contribution in [2.24, 2.45) is 0 Å². The lowest BCUT2D eigenvalue weighted by atomic mass is 9.96. The Morgan fingerprint density at radius 1 is 1.21 bits per heavy atom. The molecule has 2 rings (SSSR count). The Balaban J connectivity index is 2.49. The molecule has 1 aromatic carbocycles. The van der Waals surface area contributed by atoms with Gasteiger partial charge in [0.25, 0.3) is 0 Å². The number of hydrogen-bond acceptors (Lipinski definition) is 2. The summed E-state index contributed by atoms with van der Waals surface area (Å²) in [4.78, 5) is 1.11. The van der Waals surface area contributed by atoms with Crippen LogP contribution in [0.2, 0.25) is 0 Å². The molecule has 0 spiro atoms. The van der Waals surface area contributed by atoms with E-state index in [9.17, 15) is 0 Å². The number of alkyl halides is 1. The molecule has 0 aliphatic rings. The highest BCUT2D eigenvalue weighted by atomic mass is 79.9. The highest BCUT2D eigenvalue weighted by Gasteiger charge is 2.20. The molecule has 1 nitrogen and oxygen atoms in total. The average Bonchev–Trinajstić information content (AvgIpc) is 2.84. The summed E-state index contributed by atoms with van der Waals surface area (Å²) < 4.78 is 6.37. The zero-order chi connectivity index (χ0) is 14.2. The average molecular weight is 360 g/mol. The quantitative estimate of drug-likeness (QED) is 0.632. The van der Waals surface area contributed by atoms with Crippen LogP contribution in [0, 0.1) is 20.8 Å². The first kappa shape index (κ1) is 14.9. The smallest absolute Gasteiger partial charge is 0.129 e. The molecule has 0 amide bonds. The second-order valence-electron chi connectivity index (χ2n) is 4.61. The highest BCUT2D eigenvalue weighted by Crippen LogP contribution is 2.40. The van der Waals surface area contributed by atoms with Crippen molar-refractivity contribution < 1.29 is 4.74 Å². The molecule has 2 aromatic rings. The van der Waals surface area contributed by atoms with Crippen molar-refractivity contribution in [3.63, 3.8) is 0 Å². The van der Waals surface area contributed by atoms with E-state index in [1.807, 2.05) is 11.4 Å². The number of thiophene rings is 1. The third kappa shape index (κ3) is 2.83. The minimum atomic E-state index is -0.134. The van der Waals surface area contributed by atoms with Crippen LogP contribution in [0.15, 0.2) is 22.0 Å². The molecule has 0 saturated heterocycles. The van der Waals surface area contributed by atoms with Crippen molar-refractivity contribution in [3.05, 3.63) is 49.1 Å². The molecule has 4 heteroatoms. The number of benzene rings is 1. The predicted molar refractivity (Wildman–Crippen MR) is 86.9 cm³/mol. The maximum absolute atomic E-state index is 6.67. The first-order valence-electron chi connectivity index (χ1n) is 5.98. The van der Waals surface area contributed by atoms with Gasteiger partial charge in [0, 0.05) is 14.7 Å². The summed E-state index contributed by atoms with van der Waals surface area (Å²) in [7, 11) is 1.67. The van der Waals surface area contributed by atoms with Gasteiger partial charge in [-0.1, -0.05) is 22.0 Å². The first-order chi connectivity index (χ1) is 8.95. The van der Waals surface area contributed by atoms with Gasteiger partial charge in [0.15, 0.2) is 0 Å². The Kier molecular flexibility index (Phi) is 4.59. The Morgan fingerprint density at radius 2 is 1.89 bits per heavy atom. The van der Waals surface area contributed by atoms with Crippen LogP contribution in [0.25, 0.3) is 0 Å². The number of ether oxygens (including phenoxy) is 1. The fraction of sp³-hybridized carbons (Fsp3) is 0.333. The van der Waals surface area contributed by atoms with Crippen molar-refractivity contribution in [1.82, 2.24) is 0 Å². The second-order valence-corrected chi connectivity index (χ2v) is 6.79. The summed E-state index contributed by atoms with van der Waals surface area (Å²) >= 11 is 11.9. The van der Waals surface area contributed by atoms with Crippen LogP contribution in [-0.2, 0) is 0 Å². The van der Waals surface area contributed by atoms with Gasteiger partial charge in [0.2, 0.25) is 0 Å². The van der Waals surface area contributed by atoms with Gasteiger partial charge in [0.05, 0.1) is 12.5 Å². The largest absolute Gasteiger partial charge is 0.496 e. The molecular formula is C15H16BrClOS. The van der Waals surface area contributed by atoms with E-state index >= 15 is 0 Å². The van der Waals surface area contributed by atoms with Gasteiger partial charge in [-0.05, 0) is 49.1 Å². The fourth-order valence-electron chi connectivity index (χ4n) is 2.28. The van der Waals surface area contributed by atoms with Crippen LogP contribution >= 0.6 is 38.9 Å². The molecular weight excluding hydrogens is 344 g/mol. The van der Waals surface area contributed by atoms with Gasteiger partial charge in [-0.25, -0.2) is 0 Å². The Hall–Kier alpha value is -0.510. The molecule has 1 atom stereocenters. The third-order valence-corrected chi connectivity index (χ3v) is 6.05. The summed E-state index contributed by atoms with van der Waals surface area (Å²) in [5.41, 5.74) is 4.87. The maximum atomic E-state index is 6.67. The summed E-state index contributed by atoms with van der Waals surface area (Å²) in [6.07, 6.45) is 0. The van der Waals surface area contributed by atoms with Gasteiger partial charge in [-0.15, -0.1) is 22.9 Å². The van der Waals surface area contributed by atoms with E-state index in [0.29, 0.717) is 0 Å². The van der Waals surface area contributed by atoms with Crippen molar-refractivity contribution in [2.75, 3.05) is 7.11 Å². The summed E-state index contributed by atoms with van der Waals surface area (Å²) in [5, 5.41) is 1.85. The van der Waals surface area contributed by atoms with Crippen LogP contribution in [0.3, 0.4) is 0 Å². The summed E-state index contributed by atoms with van der Waals surface area (Å²) in [5.74, 6) is 0.868. The number of aryl methyl sites for hydroxylation is 2. The number of rotatable bonds is 3. The predicted octanol–water partition coefficient (Wildman–Crippen LogP) is 5.77. The van der Waals surface area contributed by atoms with E-state index in [-0.39, 0.29) is 5.38 Å². The van der Waals surface area contributed by atoms with Crippen LogP contribution < -0.4 is 4.74 Å². The van der Waals surface area contributed by atoms with E-state index in [0.717, 1.165) is 15.1 Å². The van der Waals surface area contributed by atoms with E-state index < -0.39 is 0 Å². The van der Waals surface area contributed by atoms with Gasteiger partial charge in [0.1, 0.15) is 5.75 Å². The molecule has 1 unspecified atom stereocenters. The van der Waals surface area contributed by atoms with Gasteiger partial charge < -0.3 is 4.74 Å². The zero-order valence-corrected chi connectivity index (χ0v) is 14.5. The Labute approximate surface area is 131 Å². The van der Waals surface area contributed by atoms with Gasteiger partial charge >= 0.3 is 0 Å². The van der Waals surface area contributed by atoms with Gasteiger partial charge in [-0.2, -0.15) is 0 Å². The van der Waals surface area contributed by atoms with Gasteiger partial charge in [-0.3, -0.25) is 0 Å². The van der Waals surface area contributed by atoms with Crippen molar-refractivity contribution in [3.8, 4) is 5.75 Å². The molecule has 0 aliphatic carbocycles. The molecule has 0 N–H and O–H groups in total. The zero-order valence-electron chi connectivity index (χ0n) is 11.4. The van der Waals surface area contributed by atoms with Crippen molar-refractivity contribution in [1.29, 1.82) is 0 Å². The fourth-order valence-corrected chi connectivity index (χ4v) is 4.00. The van der Waals surface area contributed by atoms with Crippen LogP contribution in [-0.4, -0.2) is 7.11 Å². The first-order valence-corrected chi connectivity index (χ1v) is 8.09. The molecule has 0 aliphatic heterocycles. The van der Waals surface area contributed by atoms with Crippen LogP contribution in [0.5, 0.6) is 5.75 Å². The van der Waals surface area contributed by atoms with E-state index in [1.54, 1.807) is 18.4 Å². The lowest BCUT2D eigenvalue weighted by molar-refractivity contribution is 0.416. The second kappa shape index (κ2) is 5.86. The molecule has 0 saturated carbocycles. The van der Waals surface area contributed by atoms with E-state index in [4.69, 9.17) is 16.3 Å². The van der Waals surface area contributed by atoms with Crippen LogP contribution in [0.1, 0.15) is 32.5 Å². The minimum absolute atomic E-state index is 0.134. The van der Waals surface area contributed by atoms with Crippen LogP contribution in [0.4, 0.5) is 0 Å². The molecule has 0 fully saturated rings. The number of hydrogen-bond donors (Lipinski definition) is 0. The number of halogens is 2.